The number of benzene rings is 2. The van der Waals surface area contributed by atoms with Gasteiger partial charge in [0, 0.05) is 27.5 Å². The summed E-state index contributed by atoms with van der Waals surface area (Å²) in [6.45, 7) is 3.94. The second-order valence-electron chi connectivity index (χ2n) is 8.18. The van der Waals surface area contributed by atoms with E-state index < -0.39 is 9.84 Å². The van der Waals surface area contributed by atoms with Gasteiger partial charge in [-0.3, -0.25) is 0 Å². The fourth-order valence-electron chi connectivity index (χ4n) is 3.82. The van der Waals surface area contributed by atoms with Crippen molar-refractivity contribution in [3.63, 3.8) is 0 Å². The first-order valence-corrected chi connectivity index (χ1v) is 13.6. The molecule has 0 aliphatic rings. The van der Waals surface area contributed by atoms with E-state index in [0.717, 1.165) is 37.6 Å². The molecule has 4 aromatic rings. The van der Waals surface area contributed by atoms with Crippen LogP contribution >= 0.6 is 11.3 Å². The summed E-state index contributed by atoms with van der Waals surface area (Å²) >= 11 is 1.66. The summed E-state index contributed by atoms with van der Waals surface area (Å²) < 4.78 is 34.2. The Labute approximate surface area is 203 Å². The van der Waals surface area contributed by atoms with Crippen LogP contribution in [-0.2, 0) is 15.6 Å². The summed E-state index contributed by atoms with van der Waals surface area (Å²) in [5.74, 6) is 2.65. The molecule has 178 valence electrons. The number of nitrogens with one attached hydrogen (secondary N) is 1. The molecule has 0 saturated carbocycles. The molecule has 0 aliphatic carbocycles. The normalized spacial score (nSPS) is 12.5. The largest absolute Gasteiger partial charge is 0.493 e. The van der Waals surface area contributed by atoms with Crippen molar-refractivity contribution in [1.29, 1.82) is 0 Å². The van der Waals surface area contributed by atoms with Crippen molar-refractivity contribution in [3.8, 4) is 21.9 Å². The Morgan fingerprint density at radius 1 is 1.03 bits per heavy atom. The minimum atomic E-state index is -3.09. The van der Waals surface area contributed by atoms with E-state index in [-0.39, 0.29) is 11.8 Å². The number of anilines is 1. The molecule has 0 bridgehead atoms. The van der Waals surface area contributed by atoms with E-state index in [1.54, 1.807) is 25.6 Å². The summed E-state index contributed by atoms with van der Waals surface area (Å²) in [5.41, 5.74) is 2.56. The maximum atomic E-state index is 11.7. The van der Waals surface area contributed by atoms with Crippen LogP contribution in [0.4, 0.5) is 5.82 Å². The van der Waals surface area contributed by atoms with Gasteiger partial charge in [0.05, 0.1) is 31.5 Å². The predicted octanol–water partition coefficient (Wildman–Crippen LogP) is 5.40. The molecule has 1 atom stereocenters. The van der Waals surface area contributed by atoms with Crippen molar-refractivity contribution < 1.29 is 17.9 Å². The van der Waals surface area contributed by atoms with Crippen molar-refractivity contribution in [2.75, 3.05) is 25.8 Å². The summed E-state index contributed by atoms with van der Waals surface area (Å²) in [7, 11) is 0.120. The molecule has 4 rings (SSSR count). The lowest BCUT2D eigenvalue weighted by Crippen LogP contribution is -2.08. The zero-order valence-electron chi connectivity index (χ0n) is 19.7. The number of rotatable bonds is 8. The lowest BCUT2D eigenvalue weighted by atomic mass is 10.1. The molecule has 9 heteroatoms. The number of ether oxygens (including phenoxy) is 2. The highest BCUT2D eigenvalue weighted by atomic mass is 32.2. The van der Waals surface area contributed by atoms with Crippen LogP contribution in [0.25, 0.3) is 21.3 Å². The van der Waals surface area contributed by atoms with Crippen LogP contribution in [0.5, 0.6) is 11.5 Å². The standard InChI is InChI=1S/C25H27N3O4S2/c1-15(23-9-10-24(33-23)18-8-6-7-17(11-18)14-34(5,29)30)26-25-19-12-21(31-3)22(32-4)13-20(19)27-16(2)28-25/h6-13,15H,14H2,1-5H3,(H,26,27,28)/t15-/m0/s1. The molecule has 34 heavy (non-hydrogen) atoms. The van der Waals surface area contributed by atoms with E-state index in [1.807, 2.05) is 43.3 Å². The smallest absolute Gasteiger partial charge is 0.162 e. The first-order valence-electron chi connectivity index (χ1n) is 10.7. The summed E-state index contributed by atoms with van der Waals surface area (Å²) in [4.78, 5) is 11.4. The van der Waals surface area contributed by atoms with Gasteiger partial charge in [-0.15, -0.1) is 11.3 Å². The second-order valence-corrected chi connectivity index (χ2v) is 11.4. The molecule has 0 fully saturated rings. The van der Waals surface area contributed by atoms with E-state index in [2.05, 4.69) is 34.3 Å². The van der Waals surface area contributed by atoms with E-state index in [4.69, 9.17) is 9.47 Å². The first-order chi connectivity index (χ1) is 16.2. The fraction of sp³-hybridized carbons (Fsp3) is 0.280. The number of thiophene rings is 1. The number of fused-ring (bicyclic) bond motifs is 1. The topological polar surface area (TPSA) is 90.4 Å². The molecular formula is C25H27N3O4S2. The van der Waals surface area contributed by atoms with Crippen molar-refractivity contribution in [1.82, 2.24) is 9.97 Å². The number of hydrogen-bond donors (Lipinski definition) is 1. The highest BCUT2D eigenvalue weighted by Crippen LogP contribution is 2.37. The lowest BCUT2D eigenvalue weighted by Gasteiger charge is -2.16. The number of aromatic nitrogens is 2. The molecule has 2 aromatic carbocycles. The summed E-state index contributed by atoms with van der Waals surface area (Å²) in [5, 5.41) is 4.37. The SMILES string of the molecule is COc1cc2nc(C)nc(N[C@@H](C)c3ccc(-c4cccc(CS(C)(=O)=O)c4)s3)c2cc1OC. The molecule has 0 unspecified atom stereocenters. The van der Waals surface area contributed by atoms with Gasteiger partial charge in [0.15, 0.2) is 21.3 Å². The fourth-order valence-corrected chi connectivity index (χ4v) is 5.61. The predicted molar refractivity (Wildman–Crippen MR) is 138 cm³/mol. The molecule has 2 aromatic heterocycles. The molecule has 0 spiro atoms. The van der Waals surface area contributed by atoms with Crippen LogP contribution in [0, 0.1) is 6.92 Å². The Balaban J connectivity index is 1.62. The molecule has 0 amide bonds. The van der Waals surface area contributed by atoms with E-state index in [0.29, 0.717) is 17.3 Å². The molecule has 2 heterocycles. The van der Waals surface area contributed by atoms with Gasteiger partial charge in [0.1, 0.15) is 11.6 Å². The summed E-state index contributed by atoms with van der Waals surface area (Å²) in [6.07, 6.45) is 1.25. The van der Waals surface area contributed by atoms with Crippen LogP contribution in [0.2, 0.25) is 0 Å². The van der Waals surface area contributed by atoms with Gasteiger partial charge in [-0.25, -0.2) is 18.4 Å². The van der Waals surface area contributed by atoms with Crippen LogP contribution in [-0.4, -0.2) is 38.9 Å². The maximum absolute atomic E-state index is 11.7. The Bertz CT molecular complexity index is 1450. The molecular weight excluding hydrogens is 470 g/mol. The van der Waals surface area contributed by atoms with Gasteiger partial charge in [-0.05, 0) is 49.2 Å². The van der Waals surface area contributed by atoms with E-state index >= 15 is 0 Å². The quantitative estimate of drug-likeness (QED) is 0.348. The Kier molecular flexibility index (Phi) is 6.77. The van der Waals surface area contributed by atoms with Gasteiger partial charge < -0.3 is 14.8 Å². The minimum Gasteiger partial charge on any atom is -0.493 e. The Morgan fingerprint density at radius 3 is 2.47 bits per heavy atom. The van der Waals surface area contributed by atoms with Gasteiger partial charge in [-0.1, -0.05) is 18.2 Å². The van der Waals surface area contributed by atoms with Crippen LogP contribution in [0.1, 0.15) is 29.2 Å². The first kappa shape index (κ1) is 24.0. The highest BCUT2D eigenvalue weighted by molar-refractivity contribution is 7.89. The number of nitrogens with zero attached hydrogens (tertiary/aromatic N) is 2. The minimum absolute atomic E-state index is 0.0106. The number of aryl methyl sites for hydroxylation is 1. The zero-order chi connectivity index (χ0) is 24.5. The van der Waals surface area contributed by atoms with Crippen LogP contribution in [0.3, 0.4) is 0 Å². The maximum Gasteiger partial charge on any atom is 0.162 e. The van der Waals surface area contributed by atoms with Crippen LogP contribution in [0.15, 0.2) is 48.5 Å². The Morgan fingerprint density at radius 2 is 1.76 bits per heavy atom. The van der Waals surface area contributed by atoms with E-state index in [1.165, 1.54) is 6.26 Å². The van der Waals surface area contributed by atoms with Crippen molar-refractivity contribution in [2.45, 2.75) is 25.6 Å². The van der Waals surface area contributed by atoms with Crippen molar-refractivity contribution in [2.24, 2.45) is 0 Å². The molecule has 0 saturated heterocycles. The van der Waals surface area contributed by atoms with Crippen molar-refractivity contribution in [3.05, 3.63) is 64.8 Å². The third kappa shape index (κ3) is 5.31. The van der Waals surface area contributed by atoms with Gasteiger partial charge >= 0.3 is 0 Å². The second kappa shape index (κ2) is 9.60. The average molecular weight is 498 g/mol. The number of sulfone groups is 1. The van der Waals surface area contributed by atoms with Gasteiger partial charge in [0.25, 0.3) is 0 Å². The highest BCUT2D eigenvalue weighted by Gasteiger charge is 2.16. The number of hydrogen-bond acceptors (Lipinski definition) is 8. The van der Waals surface area contributed by atoms with Crippen LogP contribution < -0.4 is 14.8 Å². The lowest BCUT2D eigenvalue weighted by molar-refractivity contribution is 0.356. The van der Waals surface area contributed by atoms with Gasteiger partial charge in [-0.2, -0.15) is 0 Å². The Hall–Kier alpha value is -3.17. The third-order valence-electron chi connectivity index (χ3n) is 5.36. The number of methoxy groups -OCH3 is 2. The zero-order valence-corrected chi connectivity index (χ0v) is 21.4. The van der Waals surface area contributed by atoms with E-state index in [9.17, 15) is 8.42 Å². The summed E-state index contributed by atoms with van der Waals surface area (Å²) in [6, 6.07) is 15.6. The van der Waals surface area contributed by atoms with Crippen molar-refractivity contribution >= 4 is 37.9 Å². The average Bonchev–Trinajstić information content (AvgIpc) is 3.28. The molecule has 0 aliphatic heterocycles. The molecule has 7 nitrogen and oxygen atoms in total. The molecule has 0 radical (unpaired) electrons. The van der Waals surface area contributed by atoms with Gasteiger partial charge in [0.2, 0.25) is 0 Å². The monoisotopic (exact) mass is 497 g/mol. The third-order valence-corrected chi connectivity index (χ3v) is 7.53. The molecule has 1 N–H and O–H groups in total.